The third-order valence-electron chi connectivity index (χ3n) is 5.99. The van der Waals surface area contributed by atoms with Crippen LogP contribution in [0.25, 0.3) is 11.2 Å². The quantitative estimate of drug-likeness (QED) is 0.460. The van der Waals surface area contributed by atoms with E-state index in [2.05, 4.69) is 23.7 Å². The molecule has 0 aliphatic heterocycles. The molecular formula is C23H35N5O6S. The van der Waals surface area contributed by atoms with Crippen molar-refractivity contribution in [2.75, 3.05) is 19.6 Å². The number of fused-ring (bicyclic) bond motifs is 1. The first-order chi connectivity index (χ1) is 16.2. The van der Waals surface area contributed by atoms with Gasteiger partial charge < -0.3 is 14.6 Å². The van der Waals surface area contributed by atoms with Crippen molar-refractivity contribution in [1.29, 1.82) is 0 Å². The zero-order valence-electron chi connectivity index (χ0n) is 21.3. The van der Waals surface area contributed by atoms with Crippen molar-refractivity contribution in [2.45, 2.75) is 52.0 Å². The largest absolute Gasteiger partial charge is 0.508 e. The lowest BCUT2D eigenvalue weighted by Gasteiger charge is -2.18. The van der Waals surface area contributed by atoms with Gasteiger partial charge >= 0.3 is 5.69 Å². The fourth-order valence-electron chi connectivity index (χ4n) is 3.78. The maximum Gasteiger partial charge on any atom is 0.332 e. The van der Waals surface area contributed by atoms with Crippen LogP contribution in [0, 0.1) is 6.92 Å². The maximum atomic E-state index is 12.2. The van der Waals surface area contributed by atoms with Crippen molar-refractivity contribution < 1.29 is 18.1 Å². The summed E-state index contributed by atoms with van der Waals surface area (Å²) in [5.41, 5.74) is 1.13. The molecule has 0 spiro atoms. The van der Waals surface area contributed by atoms with E-state index in [1.165, 1.54) is 30.7 Å². The van der Waals surface area contributed by atoms with Gasteiger partial charge in [-0.15, -0.1) is 0 Å². The highest BCUT2D eigenvalue weighted by Crippen LogP contribution is 2.30. The molecule has 0 saturated heterocycles. The van der Waals surface area contributed by atoms with Gasteiger partial charge in [-0.3, -0.25) is 18.5 Å². The van der Waals surface area contributed by atoms with E-state index >= 15 is 0 Å². The lowest BCUT2D eigenvalue weighted by atomic mass is 10.0. The number of hydrogen-bond donors (Lipinski definition) is 2. The number of imidazole rings is 1. The van der Waals surface area contributed by atoms with Crippen LogP contribution in [-0.2, 0) is 30.8 Å². The Morgan fingerprint density at radius 1 is 1.09 bits per heavy atom. The van der Waals surface area contributed by atoms with Crippen molar-refractivity contribution >= 4 is 21.3 Å². The molecule has 0 fully saturated rings. The topological polar surface area (TPSA) is 140 Å². The van der Waals surface area contributed by atoms with Crippen molar-refractivity contribution in [3.63, 3.8) is 0 Å². The molecule has 1 aromatic carbocycles. The highest BCUT2D eigenvalue weighted by Gasteiger charge is 2.18. The second-order valence-corrected chi connectivity index (χ2v) is 10.0. The van der Waals surface area contributed by atoms with Crippen LogP contribution < -0.4 is 11.2 Å². The predicted molar refractivity (Wildman–Crippen MR) is 135 cm³/mol. The zero-order valence-corrected chi connectivity index (χ0v) is 22.1. The van der Waals surface area contributed by atoms with Gasteiger partial charge in [0.05, 0.1) is 11.2 Å². The smallest absolute Gasteiger partial charge is 0.332 e. The van der Waals surface area contributed by atoms with Crippen molar-refractivity contribution in [3.05, 3.63) is 50.4 Å². The average Bonchev–Trinajstić information content (AvgIpc) is 3.20. The van der Waals surface area contributed by atoms with Crippen LogP contribution in [0.15, 0.2) is 32.9 Å². The molecule has 35 heavy (non-hydrogen) atoms. The predicted octanol–water partition coefficient (Wildman–Crippen LogP) is 1.85. The number of phenols is 1. The number of likely N-dealkylation sites (N-methyl/N-ethyl adjacent to an activating group) is 1. The fraction of sp³-hybridized carbons (Fsp3) is 0.522. The van der Waals surface area contributed by atoms with Gasteiger partial charge in [-0.2, -0.15) is 8.42 Å². The Kier molecular flexibility index (Phi) is 9.04. The molecule has 0 aliphatic rings. The lowest BCUT2D eigenvalue weighted by Crippen LogP contribution is -2.38. The minimum absolute atomic E-state index is 0.00824. The summed E-state index contributed by atoms with van der Waals surface area (Å²) < 4.78 is 35.3. The number of aromatic nitrogens is 4. The van der Waals surface area contributed by atoms with Gasteiger partial charge in [-0.25, -0.2) is 9.78 Å². The molecule has 3 aromatic rings. The van der Waals surface area contributed by atoms with Crippen LogP contribution >= 0.6 is 0 Å². The first kappa shape index (κ1) is 28.3. The standard InChI is InChI=1S/C13H21N5O2.C10H14O4S/c1-5-17(6-2)7-8-18-9-14-11-10(18)12(19)16(4)13(20)15(11)3;1-6(2)8-5-10(15(12,13)14)7(3)4-9(8)11/h9H,5-8H2,1-4H3;4-6,11H,1-3H3,(H,12,13,14). The van der Waals surface area contributed by atoms with Crippen LogP contribution in [-0.4, -0.2) is 61.3 Å². The Balaban J connectivity index is 0.000000258. The second kappa shape index (κ2) is 11.2. The van der Waals surface area contributed by atoms with Gasteiger partial charge in [-0.05, 0) is 49.2 Å². The molecule has 2 aromatic heterocycles. The van der Waals surface area contributed by atoms with E-state index in [-0.39, 0.29) is 27.8 Å². The van der Waals surface area contributed by atoms with Crippen LogP contribution in [0.2, 0.25) is 0 Å². The second-order valence-electron chi connectivity index (χ2n) is 8.65. The monoisotopic (exact) mass is 509 g/mol. The van der Waals surface area contributed by atoms with Gasteiger partial charge in [0.2, 0.25) is 0 Å². The summed E-state index contributed by atoms with van der Waals surface area (Å²) in [4.78, 5) is 30.4. The van der Waals surface area contributed by atoms with E-state index < -0.39 is 10.1 Å². The van der Waals surface area contributed by atoms with Crippen molar-refractivity contribution in [2.24, 2.45) is 14.1 Å². The summed E-state index contributed by atoms with van der Waals surface area (Å²) in [6, 6.07) is 2.66. The Morgan fingerprint density at radius 3 is 2.20 bits per heavy atom. The molecule has 2 heterocycles. The number of hydrogen-bond acceptors (Lipinski definition) is 7. The molecule has 0 radical (unpaired) electrons. The van der Waals surface area contributed by atoms with Crippen LogP contribution in [0.1, 0.15) is 44.7 Å². The van der Waals surface area contributed by atoms with E-state index in [4.69, 9.17) is 4.55 Å². The van der Waals surface area contributed by atoms with E-state index in [0.29, 0.717) is 28.8 Å². The Bertz CT molecular complexity index is 1410. The summed E-state index contributed by atoms with van der Waals surface area (Å²) in [5.74, 6) is 0.0426. The molecule has 0 unspecified atom stereocenters. The number of phenolic OH excluding ortho intramolecular Hbond substituents is 1. The van der Waals surface area contributed by atoms with Gasteiger partial charge in [-0.1, -0.05) is 27.7 Å². The normalized spacial score (nSPS) is 11.8. The van der Waals surface area contributed by atoms with E-state index in [0.717, 1.165) is 24.2 Å². The number of benzene rings is 1. The molecule has 12 heteroatoms. The minimum atomic E-state index is -4.22. The summed E-state index contributed by atoms with van der Waals surface area (Å²) in [5, 5.41) is 9.58. The molecule has 0 bridgehead atoms. The molecule has 0 atom stereocenters. The molecule has 3 rings (SSSR count). The molecule has 11 nitrogen and oxygen atoms in total. The summed E-state index contributed by atoms with van der Waals surface area (Å²) in [6.45, 7) is 12.9. The SMILES string of the molecule is CCN(CC)CCn1cnc2c1c(=O)n(C)c(=O)n2C.Cc1cc(O)c(C(C)C)cc1S(=O)(=O)O. The van der Waals surface area contributed by atoms with Crippen LogP contribution in [0.5, 0.6) is 5.75 Å². The van der Waals surface area contributed by atoms with Gasteiger partial charge in [0.1, 0.15) is 5.75 Å². The van der Waals surface area contributed by atoms with E-state index in [9.17, 15) is 23.1 Å². The Morgan fingerprint density at radius 2 is 1.69 bits per heavy atom. The number of rotatable bonds is 7. The van der Waals surface area contributed by atoms with E-state index in [1.54, 1.807) is 13.4 Å². The number of nitrogens with zero attached hydrogens (tertiary/aromatic N) is 5. The Labute approximate surface area is 205 Å². The highest BCUT2D eigenvalue weighted by atomic mass is 32.2. The van der Waals surface area contributed by atoms with Crippen molar-refractivity contribution in [1.82, 2.24) is 23.6 Å². The third-order valence-corrected chi connectivity index (χ3v) is 6.99. The van der Waals surface area contributed by atoms with Gasteiger partial charge in [0.15, 0.2) is 11.2 Å². The Hall–Kier alpha value is -2.96. The fourth-order valence-corrected chi connectivity index (χ4v) is 4.53. The molecular weight excluding hydrogens is 474 g/mol. The molecule has 0 saturated carbocycles. The van der Waals surface area contributed by atoms with Crippen LogP contribution in [0.4, 0.5) is 0 Å². The van der Waals surface area contributed by atoms with Gasteiger partial charge in [0.25, 0.3) is 15.7 Å². The first-order valence-electron chi connectivity index (χ1n) is 11.4. The zero-order chi connectivity index (χ0) is 26.7. The van der Waals surface area contributed by atoms with Gasteiger partial charge in [0, 0.05) is 27.2 Å². The molecule has 0 aliphatic carbocycles. The third kappa shape index (κ3) is 6.19. The van der Waals surface area contributed by atoms with E-state index in [1.807, 2.05) is 18.4 Å². The summed E-state index contributed by atoms with van der Waals surface area (Å²) in [7, 11) is -1.09. The molecule has 194 valence electrons. The molecule has 2 N–H and O–H groups in total. The first-order valence-corrected chi connectivity index (χ1v) is 12.8. The maximum absolute atomic E-state index is 12.2. The highest BCUT2D eigenvalue weighted by molar-refractivity contribution is 7.85. The van der Waals surface area contributed by atoms with Crippen molar-refractivity contribution in [3.8, 4) is 5.75 Å². The minimum Gasteiger partial charge on any atom is -0.508 e. The lowest BCUT2D eigenvalue weighted by molar-refractivity contribution is 0.292. The summed E-state index contributed by atoms with van der Waals surface area (Å²) >= 11 is 0. The average molecular weight is 510 g/mol. The number of aryl methyl sites for hydroxylation is 2. The number of aromatic hydroxyl groups is 1. The van der Waals surface area contributed by atoms with Crippen LogP contribution in [0.3, 0.4) is 0 Å². The summed E-state index contributed by atoms with van der Waals surface area (Å²) in [6.07, 6.45) is 1.63. The molecule has 0 amide bonds.